The van der Waals surface area contributed by atoms with Crippen LogP contribution in [0.2, 0.25) is 0 Å². The number of aliphatic hydroxyl groups excluding tert-OH is 5. The lowest BCUT2D eigenvalue weighted by atomic mass is 9.79. The van der Waals surface area contributed by atoms with Gasteiger partial charge in [0.1, 0.15) is 86.8 Å². The summed E-state index contributed by atoms with van der Waals surface area (Å²) in [6.45, 7) is 8.89. The zero-order chi connectivity index (χ0) is 62.4. The summed E-state index contributed by atoms with van der Waals surface area (Å²) in [5, 5.41) is 71.1. The molecule has 4 aliphatic heterocycles. The number of hydrogen-bond acceptors (Lipinski definition) is 20. The summed E-state index contributed by atoms with van der Waals surface area (Å²) in [7, 11) is 0. The van der Waals surface area contributed by atoms with E-state index < -0.39 is 153 Å². The van der Waals surface area contributed by atoms with Crippen molar-refractivity contribution in [2.45, 2.75) is 197 Å². The van der Waals surface area contributed by atoms with Crippen molar-refractivity contribution in [1.82, 2.24) is 21.3 Å². The average Bonchev–Trinajstić information content (AvgIpc) is 2.48. The van der Waals surface area contributed by atoms with Crippen LogP contribution in [0.3, 0.4) is 0 Å². The number of rotatable bonds is 23. The van der Waals surface area contributed by atoms with Crippen molar-refractivity contribution in [1.29, 1.82) is 0 Å². The topological polar surface area (TPSA) is 319 Å². The van der Waals surface area contributed by atoms with Crippen LogP contribution in [-0.4, -0.2) is 173 Å². The Morgan fingerprint density at radius 1 is 0.545 bits per heavy atom. The number of hydrogen-bond donors (Lipinski definition) is 9. The summed E-state index contributed by atoms with van der Waals surface area (Å²) in [6.07, 6.45) is -23.0. The molecule has 24 nitrogen and oxygen atoms in total. The van der Waals surface area contributed by atoms with E-state index in [9.17, 15) is 44.7 Å². The van der Waals surface area contributed by atoms with Gasteiger partial charge in [-0.3, -0.25) is 4.79 Å². The maximum Gasteiger partial charge on any atom is 0.407 e. The van der Waals surface area contributed by atoms with Crippen LogP contribution >= 0.6 is 0 Å². The van der Waals surface area contributed by atoms with Crippen LogP contribution in [0.15, 0.2) is 121 Å². The molecule has 0 spiro atoms. The molecule has 4 amide bonds. The first-order chi connectivity index (χ1) is 42.5. The highest BCUT2D eigenvalue weighted by atomic mass is 16.8. The molecular weight excluding hydrogens is 1140 g/mol. The van der Waals surface area contributed by atoms with E-state index in [1.807, 2.05) is 86.6 Å². The van der Waals surface area contributed by atoms with Crippen molar-refractivity contribution < 1.29 is 96.8 Å². The second-order valence-electron chi connectivity index (χ2n) is 23.3. The van der Waals surface area contributed by atoms with Crippen molar-refractivity contribution in [2.75, 3.05) is 13.2 Å². The average molecular weight is 1230 g/mol. The van der Waals surface area contributed by atoms with Crippen LogP contribution < -0.4 is 21.3 Å². The highest BCUT2D eigenvalue weighted by Gasteiger charge is 2.57. The lowest BCUT2D eigenvalue weighted by Crippen LogP contribution is -2.69. The van der Waals surface area contributed by atoms with E-state index >= 15 is 0 Å². The molecule has 0 aromatic heterocycles. The van der Waals surface area contributed by atoms with Gasteiger partial charge in [-0.2, -0.15) is 0 Å². The van der Waals surface area contributed by atoms with E-state index in [1.54, 1.807) is 69.3 Å². The van der Waals surface area contributed by atoms with E-state index in [-0.39, 0.29) is 64.6 Å². The van der Waals surface area contributed by atoms with Gasteiger partial charge < -0.3 is 98.9 Å². The molecule has 21 atom stereocenters. The zero-order valence-corrected chi connectivity index (χ0v) is 50.0. The molecule has 4 aromatic rings. The Bertz CT molecular complexity index is 2820. The normalized spacial score (nSPS) is 33.3. The minimum atomic E-state index is -1.67. The highest BCUT2D eigenvalue weighted by Crippen LogP contribution is 2.40. The molecule has 5 aliphatic rings. The van der Waals surface area contributed by atoms with Crippen LogP contribution in [0.1, 0.15) is 88.8 Å². The minimum absolute atomic E-state index is 0.0580. The number of amides is 4. The van der Waals surface area contributed by atoms with Gasteiger partial charge in [-0.1, -0.05) is 156 Å². The number of carbonyl (C=O) groups is 4. The molecule has 480 valence electrons. The van der Waals surface area contributed by atoms with Gasteiger partial charge in [0.05, 0.1) is 31.0 Å². The second kappa shape index (κ2) is 31.4. The van der Waals surface area contributed by atoms with Gasteiger partial charge in [-0.15, -0.1) is 0 Å². The van der Waals surface area contributed by atoms with E-state index in [2.05, 4.69) is 21.3 Å². The van der Waals surface area contributed by atoms with Gasteiger partial charge in [0, 0.05) is 18.0 Å². The van der Waals surface area contributed by atoms with E-state index in [1.165, 1.54) is 0 Å². The van der Waals surface area contributed by atoms with Gasteiger partial charge >= 0.3 is 18.3 Å². The molecule has 1 saturated carbocycles. The SMILES string of the molecule is CCC1OC(OC2C(CC)OC(OC3C(O)C(NC(=O)C(CCNC(=O)OCc4ccccc4)C(C)C)CC(C)C3OC3OC4COC(c5ccccc5)OC4C(O)C3NC(=O)OCc3ccccc3)C2O)C(NC(=O)OCc2ccccc2)C(O)C1O. The highest BCUT2D eigenvalue weighted by molar-refractivity contribution is 5.79. The Labute approximate surface area is 511 Å². The number of alkyl carbamates (subject to hydrolysis) is 3. The molecule has 5 fully saturated rings. The fourth-order valence-corrected chi connectivity index (χ4v) is 11.9. The van der Waals surface area contributed by atoms with Gasteiger partial charge in [-0.25, -0.2) is 14.4 Å². The Kier molecular flexibility index (Phi) is 23.6. The molecule has 1 aliphatic carbocycles. The lowest BCUT2D eigenvalue weighted by molar-refractivity contribution is -0.360. The summed E-state index contributed by atoms with van der Waals surface area (Å²) in [5.41, 5.74) is 2.88. The molecule has 88 heavy (non-hydrogen) atoms. The fourth-order valence-electron chi connectivity index (χ4n) is 11.9. The van der Waals surface area contributed by atoms with E-state index in [0.29, 0.717) is 16.7 Å². The number of fused-ring (bicyclic) bond motifs is 1. The largest absolute Gasteiger partial charge is 0.445 e. The third kappa shape index (κ3) is 16.7. The number of nitrogens with one attached hydrogen (secondary N) is 4. The predicted molar refractivity (Wildman–Crippen MR) is 312 cm³/mol. The van der Waals surface area contributed by atoms with Gasteiger partial charge in [0.2, 0.25) is 5.91 Å². The Hall–Kier alpha value is -6.36. The summed E-state index contributed by atoms with van der Waals surface area (Å²) in [5.74, 6) is -1.96. The first-order valence-electron chi connectivity index (χ1n) is 30.3. The van der Waals surface area contributed by atoms with Gasteiger partial charge in [-0.05, 0) is 54.2 Å². The van der Waals surface area contributed by atoms with Crippen molar-refractivity contribution in [3.05, 3.63) is 144 Å². The molecule has 9 N–H and O–H groups in total. The third-order valence-electron chi connectivity index (χ3n) is 16.8. The van der Waals surface area contributed by atoms with Crippen molar-refractivity contribution in [2.24, 2.45) is 17.8 Å². The lowest BCUT2D eigenvalue weighted by Gasteiger charge is -2.50. The van der Waals surface area contributed by atoms with Gasteiger partial charge in [0.15, 0.2) is 25.2 Å². The number of aliphatic hydroxyl groups is 5. The number of benzene rings is 4. The quantitative estimate of drug-likeness (QED) is 0.0452. The van der Waals surface area contributed by atoms with Crippen LogP contribution in [-0.2, 0) is 76.7 Å². The molecule has 4 saturated heterocycles. The molecule has 24 heteroatoms. The summed E-state index contributed by atoms with van der Waals surface area (Å²) in [4.78, 5) is 54.2. The predicted octanol–water partition coefficient (Wildman–Crippen LogP) is 4.76. The molecule has 21 unspecified atom stereocenters. The molecule has 4 heterocycles. The Morgan fingerprint density at radius 3 is 1.60 bits per heavy atom. The van der Waals surface area contributed by atoms with Crippen LogP contribution in [0.4, 0.5) is 14.4 Å². The third-order valence-corrected chi connectivity index (χ3v) is 16.8. The standard InChI is InChI=1S/C64H84N4O20/c1-6-43-49(70)50(71)46(67-63(76)80-32-38-22-14-9-15-23-38)59(82-43)87-54-44(7-2)83-61(52(54)73)88-56-48(69)42(66-57(74)41(35(3)4)28-29-65-62(75)79-31-37-20-12-8-13-21-37)30-36(5)53(56)85-60-47(68-64(77)81-33-39-24-16-10-17-25-39)51(72)55-45(84-60)34-78-58(86-55)40-26-18-11-19-27-40/h8-27,35-36,41-56,58-61,69-73H,6-7,28-34H2,1-5H3,(H,65,75)(H,66,74)(H,67,76)(H,68,77). The summed E-state index contributed by atoms with van der Waals surface area (Å²) in [6, 6.07) is 32.4. The van der Waals surface area contributed by atoms with E-state index in [0.717, 1.165) is 5.56 Å². The van der Waals surface area contributed by atoms with E-state index in [4.69, 9.17) is 52.1 Å². The molecule has 0 bridgehead atoms. The first-order valence-corrected chi connectivity index (χ1v) is 30.3. The zero-order valence-electron chi connectivity index (χ0n) is 50.0. The summed E-state index contributed by atoms with van der Waals surface area (Å²) < 4.78 is 68.2. The second-order valence-corrected chi connectivity index (χ2v) is 23.3. The van der Waals surface area contributed by atoms with Crippen molar-refractivity contribution in [3.63, 3.8) is 0 Å². The number of carbonyl (C=O) groups excluding carboxylic acids is 4. The fraction of sp³-hybridized carbons (Fsp3) is 0.562. The van der Waals surface area contributed by atoms with Crippen LogP contribution in [0.5, 0.6) is 0 Å². The summed E-state index contributed by atoms with van der Waals surface area (Å²) >= 11 is 0. The van der Waals surface area contributed by atoms with Crippen LogP contribution in [0.25, 0.3) is 0 Å². The van der Waals surface area contributed by atoms with Gasteiger partial charge in [0.25, 0.3) is 0 Å². The van der Waals surface area contributed by atoms with Crippen molar-refractivity contribution >= 4 is 24.2 Å². The molecule has 4 aromatic carbocycles. The number of ether oxygens (including phenoxy) is 11. The molecular formula is C64H84N4O20. The Morgan fingerprint density at radius 2 is 1.05 bits per heavy atom. The first kappa shape index (κ1) is 66.1. The van der Waals surface area contributed by atoms with Crippen LogP contribution in [0, 0.1) is 17.8 Å². The monoisotopic (exact) mass is 1230 g/mol. The minimum Gasteiger partial charge on any atom is -0.445 e. The Balaban J connectivity index is 0.961. The smallest absolute Gasteiger partial charge is 0.407 e. The van der Waals surface area contributed by atoms with Crippen molar-refractivity contribution in [3.8, 4) is 0 Å². The maximum absolute atomic E-state index is 14.4. The molecule has 0 radical (unpaired) electrons. The molecule has 9 rings (SSSR count). The maximum atomic E-state index is 14.4.